The predicted molar refractivity (Wildman–Crippen MR) is 93.6 cm³/mol. The lowest BCUT2D eigenvalue weighted by molar-refractivity contribution is -0.117. The molecule has 0 saturated heterocycles. The number of carbonyl (C=O) groups is 1. The Hall–Kier alpha value is -3.14. The first kappa shape index (κ1) is 14.5. The first-order valence-corrected chi connectivity index (χ1v) is 7.86. The van der Waals surface area contributed by atoms with Gasteiger partial charge >= 0.3 is 0 Å². The minimum absolute atomic E-state index is 0.0129. The van der Waals surface area contributed by atoms with Crippen molar-refractivity contribution in [2.24, 2.45) is 4.99 Å². The quantitative estimate of drug-likeness (QED) is 0.721. The number of furan rings is 1. The molecule has 0 fully saturated rings. The Morgan fingerprint density at radius 1 is 0.958 bits per heavy atom. The molecule has 24 heavy (non-hydrogen) atoms. The SMILES string of the molecule is O=C1CC(c2ccco2)=Nc2ccccc2N1Cc1ccccc1. The number of anilines is 1. The average molecular weight is 316 g/mol. The Morgan fingerprint density at radius 3 is 2.54 bits per heavy atom. The van der Waals surface area contributed by atoms with Crippen molar-refractivity contribution < 1.29 is 9.21 Å². The maximum atomic E-state index is 12.9. The third kappa shape index (κ3) is 2.74. The zero-order valence-corrected chi connectivity index (χ0v) is 13.1. The molecule has 2 aromatic carbocycles. The van der Waals surface area contributed by atoms with Crippen molar-refractivity contribution in [2.75, 3.05) is 4.90 Å². The fraction of sp³-hybridized carbons (Fsp3) is 0.100. The molecule has 1 aliphatic rings. The summed E-state index contributed by atoms with van der Waals surface area (Å²) in [5.74, 6) is 0.652. The minimum atomic E-state index is 0.0129. The van der Waals surface area contributed by atoms with Crippen LogP contribution in [0.3, 0.4) is 0 Å². The molecule has 0 unspecified atom stereocenters. The zero-order chi connectivity index (χ0) is 16.4. The summed E-state index contributed by atoms with van der Waals surface area (Å²) in [5.41, 5.74) is 3.36. The molecule has 1 aromatic heterocycles. The van der Waals surface area contributed by atoms with E-state index < -0.39 is 0 Å². The molecule has 3 aromatic rings. The predicted octanol–water partition coefficient (Wildman–Crippen LogP) is 4.34. The van der Waals surface area contributed by atoms with Gasteiger partial charge in [0.05, 0.1) is 36.3 Å². The molecule has 1 aliphatic heterocycles. The van der Waals surface area contributed by atoms with Gasteiger partial charge in [-0.15, -0.1) is 0 Å². The summed E-state index contributed by atoms with van der Waals surface area (Å²) >= 11 is 0. The summed E-state index contributed by atoms with van der Waals surface area (Å²) in [6.07, 6.45) is 1.82. The van der Waals surface area contributed by atoms with E-state index in [1.54, 1.807) is 17.2 Å². The number of hydrogen-bond acceptors (Lipinski definition) is 3. The van der Waals surface area contributed by atoms with Crippen LogP contribution in [0.1, 0.15) is 17.7 Å². The average Bonchev–Trinajstić information content (AvgIpc) is 3.11. The Bertz CT molecular complexity index is 883. The highest BCUT2D eigenvalue weighted by Gasteiger charge is 2.25. The van der Waals surface area contributed by atoms with E-state index in [0.29, 0.717) is 18.0 Å². The first-order valence-electron chi connectivity index (χ1n) is 7.86. The van der Waals surface area contributed by atoms with Crippen LogP contribution in [0.4, 0.5) is 11.4 Å². The van der Waals surface area contributed by atoms with Gasteiger partial charge in [0.2, 0.25) is 5.91 Å². The van der Waals surface area contributed by atoms with E-state index in [0.717, 1.165) is 16.9 Å². The van der Waals surface area contributed by atoms with Crippen molar-refractivity contribution in [3.05, 3.63) is 84.3 Å². The van der Waals surface area contributed by atoms with E-state index in [-0.39, 0.29) is 12.3 Å². The third-order valence-corrected chi connectivity index (χ3v) is 4.04. The van der Waals surface area contributed by atoms with Gasteiger partial charge < -0.3 is 9.32 Å². The van der Waals surface area contributed by atoms with E-state index >= 15 is 0 Å². The molecule has 118 valence electrons. The zero-order valence-electron chi connectivity index (χ0n) is 13.1. The summed E-state index contributed by atoms with van der Waals surface area (Å²) < 4.78 is 5.44. The van der Waals surface area contributed by atoms with E-state index in [2.05, 4.69) is 4.99 Å². The molecular formula is C20H16N2O2. The molecule has 0 radical (unpaired) electrons. The lowest BCUT2D eigenvalue weighted by atomic mass is 10.1. The number of carbonyl (C=O) groups excluding carboxylic acids is 1. The molecule has 0 saturated carbocycles. The van der Waals surface area contributed by atoms with Gasteiger partial charge in [-0.3, -0.25) is 4.79 Å². The lowest BCUT2D eigenvalue weighted by Crippen LogP contribution is -2.30. The number of nitrogens with zero attached hydrogens (tertiary/aromatic N) is 2. The number of amides is 1. The topological polar surface area (TPSA) is 45.8 Å². The molecule has 0 spiro atoms. The van der Waals surface area contributed by atoms with Crippen molar-refractivity contribution in [1.82, 2.24) is 0 Å². The standard InChI is InChI=1S/C20H16N2O2/c23-20-13-17(19-11-6-12-24-19)21-16-9-4-5-10-18(16)22(20)14-15-7-2-1-3-8-15/h1-12H,13-14H2. The highest BCUT2D eigenvalue weighted by molar-refractivity contribution is 6.16. The fourth-order valence-electron chi connectivity index (χ4n) is 2.87. The second-order valence-corrected chi connectivity index (χ2v) is 5.67. The van der Waals surface area contributed by atoms with Gasteiger partial charge in [0.15, 0.2) is 0 Å². The number of hydrogen-bond donors (Lipinski definition) is 0. The molecule has 0 aliphatic carbocycles. The number of aliphatic imine (C=N–C) groups is 1. The van der Waals surface area contributed by atoms with Crippen LogP contribution in [0, 0.1) is 0 Å². The summed E-state index contributed by atoms with van der Waals surface area (Å²) in [7, 11) is 0. The number of fused-ring (bicyclic) bond motifs is 1. The van der Waals surface area contributed by atoms with Crippen molar-refractivity contribution in [3.8, 4) is 0 Å². The van der Waals surface area contributed by atoms with Gasteiger partial charge in [0, 0.05) is 0 Å². The normalized spacial score (nSPS) is 14.1. The fourth-order valence-corrected chi connectivity index (χ4v) is 2.87. The first-order chi connectivity index (χ1) is 11.8. The smallest absolute Gasteiger partial charge is 0.233 e. The number of benzene rings is 2. The van der Waals surface area contributed by atoms with Crippen LogP contribution >= 0.6 is 0 Å². The van der Waals surface area contributed by atoms with E-state index in [4.69, 9.17) is 4.42 Å². The summed E-state index contributed by atoms with van der Waals surface area (Å²) in [6.45, 7) is 0.525. The van der Waals surface area contributed by atoms with Crippen LogP contribution in [0.5, 0.6) is 0 Å². The summed E-state index contributed by atoms with van der Waals surface area (Å²) in [5, 5.41) is 0. The maximum absolute atomic E-state index is 12.9. The van der Waals surface area contributed by atoms with Gasteiger partial charge in [-0.05, 0) is 29.8 Å². The van der Waals surface area contributed by atoms with Crippen molar-refractivity contribution in [3.63, 3.8) is 0 Å². The van der Waals surface area contributed by atoms with Gasteiger partial charge in [-0.25, -0.2) is 4.99 Å². The third-order valence-electron chi connectivity index (χ3n) is 4.04. The van der Waals surface area contributed by atoms with Crippen LogP contribution in [0.15, 0.2) is 82.4 Å². The van der Waals surface area contributed by atoms with Crippen LogP contribution in [-0.2, 0) is 11.3 Å². The van der Waals surface area contributed by atoms with Gasteiger partial charge in [0.25, 0.3) is 0 Å². The second kappa shape index (κ2) is 6.16. The molecule has 2 heterocycles. The monoisotopic (exact) mass is 316 g/mol. The van der Waals surface area contributed by atoms with E-state index in [1.165, 1.54) is 0 Å². The molecule has 1 amide bonds. The van der Waals surface area contributed by atoms with Crippen LogP contribution in [-0.4, -0.2) is 11.6 Å². The molecule has 4 heteroatoms. The molecule has 0 N–H and O–H groups in total. The molecule has 0 atom stereocenters. The van der Waals surface area contributed by atoms with Crippen molar-refractivity contribution in [2.45, 2.75) is 13.0 Å². The number of rotatable bonds is 3. The van der Waals surface area contributed by atoms with Gasteiger partial charge in [0.1, 0.15) is 5.76 Å². The minimum Gasteiger partial charge on any atom is -0.463 e. The highest BCUT2D eigenvalue weighted by atomic mass is 16.3. The second-order valence-electron chi connectivity index (χ2n) is 5.67. The van der Waals surface area contributed by atoms with Crippen molar-refractivity contribution >= 4 is 23.0 Å². The molecule has 0 bridgehead atoms. The Labute approximate surface area is 140 Å². The van der Waals surface area contributed by atoms with Crippen LogP contribution < -0.4 is 4.90 Å². The Balaban J connectivity index is 1.75. The Kier molecular flexibility index (Phi) is 3.71. The number of para-hydroxylation sites is 2. The molecule has 4 nitrogen and oxygen atoms in total. The largest absolute Gasteiger partial charge is 0.463 e. The lowest BCUT2D eigenvalue weighted by Gasteiger charge is -2.22. The summed E-state index contributed by atoms with van der Waals surface area (Å²) in [6, 6.07) is 21.3. The van der Waals surface area contributed by atoms with E-state index in [1.807, 2.05) is 60.7 Å². The van der Waals surface area contributed by atoms with Crippen LogP contribution in [0.2, 0.25) is 0 Å². The maximum Gasteiger partial charge on any atom is 0.233 e. The molecular weight excluding hydrogens is 300 g/mol. The highest BCUT2D eigenvalue weighted by Crippen LogP contribution is 2.33. The van der Waals surface area contributed by atoms with Crippen LogP contribution in [0.25, 0.3) is 0 Å². The van der Waals surface area contributed by atoms with Gasteiger partial charge in [-0.1, -0.05) is 42.5 Å². The molecule has 4 rings (SSSR count). The van der Waals surface area contributed by atoms with E-state index in [9.17, 15) is 4.79 Å². The summed E-state index contributed by atoms with van der Waals surface area (Å²) in [4.78, 5) is 19.4. The van der Waals surface area contributed by atoms with Gasteiger partial charge in [-0.2, -0.15) is 0 Å². The van der Waals surface area contributed by atoms with Crippen molar-refractivity contribution in [1.29, 1.82) is 0 Å². The Morgan fingerprint density at radius 2 is 1.75 bits per heavy atom.